The van der Waals surface area contributed by atoms with Crippen molar-refractivity contribution < 1.29 is 9.13 Å². The van der Waals surface area contributed by atoms with E-state index in [-0.39, 0.29) is 18.2 Å². The number of halogens is 1. The van der Waals surface area contributed by atoms with Gasteiger partial charge in [-0.1, -0.05) is 12.1 Å². The summed E-state index contributed by atoms with van der Waals surface area (Å²) in [5.74, 6) is -0.454. The third-order valence-corrected chi connectivity index (χ3v) is 1.22. The van der Waals surface area contributed by atoms with Crippen LogP contribution in [0.1, 0.15) is 0 Å². The highest BCUT2D eigenvalue weighted by atomic mass is 19.1. The quantitative estimate of drug-likeness (QED) is 0.525. The Kier molecular flexibility index (Phi) is 2.63. The molecule has 0 amide bonds. The summed E-state index contributed by atoms with van der Waals surface area (Å²) >= 11 is 0. The molecule has 0 bridgehead atoms. The molecular weight excluding hydrogens is 159 g/mol. The number of hydrogen-bond acceptors (Lipinski definition) is 2. The highest BCUT2D eigenvalue weighted by molar-refractivity contribution is 5.78. The smallest absolute Gasteiger partial charge is 0.165 e. The molecule has 3 nitrogen and oxygen atoms in total. The van der Waals surface area contributed by atoms with E-state index in [1.165, 1.54) is 12.1 Å². The lowest BCUT2D eigenvalue weighted by Crippen LogP contribution is -2.19. The first kappa shape index (κ1) is 8.52. The molecule has 0 atom stereocenters. The molecule has 3 N–H and O–H groups in total. The Morgan fingerprint density at radius 2 is 2.17 bits per heavy atom. The molecule has 0 aromatic heterocycles. The molecule has 0 aliphatic heterocycles. The minimum atomic E-state index is -0.446. The van der Waals surface area contributed by atoms with E-state index in [1.54, 1.807) is 12.1 Å². The summed E-state index contributed by atoms with van der Waals surface area (Å²) < 4.78 is 17.7. The first-order valence-electron chi connectivity index (χ1n) is 3.40. The SMILES string of the molecule is N=C(N)COc1ccccc1F. The van der Waals surface area contributed by atoms with Gasteiger partial charge in [-0.25, -0.2) is 4.39 Å². The number of nitrogens with two attached hydrogens (primary N) is 1. The molecule has 12 heavy (non-hydrogen) atoms. The summed E-state index contributed by atoms with van der Waals surface area (Å²) in [6.07, 6.45) is 0. The molecular formula is C8H9FN2O. The molecule has 1 aromatic rings. The number of hydrogen-bond donors (Lipinski definition) is 2. The van der Waals surface area contributed by atoms with Crippen LogP contribution in [0.2, 0.25) is 0 Å². The largest absolute Gasteiger partial charge is 0.483 e. The van der Waals surface area contributed by atoms with Crippen molar-refractivity contribution in [2.75, 3.05) is 6.61 Å². The van der Waals surface area contributed by atoms with Gasteiger partial charge in [-0.3, -0.25) is 5.41 Å². The van der Waals surface area contributed by atoms with Crippen LogP contribution < -0.4 is 10.5 Å². The second kappa shape index (κ2) is 3.71. The van der Waals surface area contributed by atoms with Crippen LogP contribution >= 0.6 is 0 Å². The average Bonchev–Trinajstić information content (AvgIpc) is 2.03. The van der Waals surface area contributed by atoms with Crippen molar-refractivity contribution >= 4 is 5.84 Å². The zero-order chi connectivity index (χ0) is 8.97. The normalized spacial score (nSPS) is 9.42. The lowest BCUT2D eigenvalue weighted by molar-refractivity contribution is 0.352. The van der Waals surface area contributed by atoms with E-state index < -0.39 is 5.82 Å². The van der Waals surface area contributed by atoms with E-state index >= 15 is 0 Å². The Balaban J connectivity index is 2.63. The predicted octanol–water partition coefficient (Wildman–Crippen LogP) is 1.14. The van der Waals surface area contributed by atoms with Crippen LogP contribution in [0.5, 0.6) is 5.75 Å². The van der Waals surface area contributed by atoms with Gasteiger partial charge in [0, 0.05) is 0 Å². The number of benzene rings is 1. The minimum Gasteiger partial charge on any atom is -0.483 e. The summed E-state index contributed by atoms with van der Waals surface area (Å²) in [5, 5.41) is 6.84. The molecule has 64 valence electrons. The van der Waals surface area contributed by atoms with Gasteiger partial charge < -0.3 is 10.5 Å². The van der Waals surface area contributed by atoms with Gasteiger partial charge in [0.1, 0.15) is 12.4 Å². The molecule has 1 rings (SSSR count). The number of amidine groups is 1. The Bertz CT molecular complexity index is 288. The van der Waals surface area contributed by atoms with E-state index in [9.17, 15) is 4.39 Å². The fourth-order valence-corrected chi connectivity index (χ4v) is 0.717. The summed E-state index contributed by atoms with van der Waals surface area (Å²) in [6.45, 7) is -0.0824. The molecule has 0 saturated heterocycles. The van der Waals surface area contributed by atoms with E-state index in [1.807, 2.05) is 0 Å². The van der Waals surface area contributed by atoms with Crippen molar-refractivity contribution in [3.63, 3.8) is 0 Å². The van der Waals surface area contributed by atoms with Gasteiger partial charge in [0.25, 0.3) is 0 Å². The van der Waals surface area contributed by atoms with Crippen LogP contribution in [0.15, 0.2) is 24.3 Å². The molecule has 1 aromatic carbocycles. The van der Waals surface area contributed by atoms with Gasteiger partial charge in [0.15, 0.2) is 11.6 Å². The summed E-state index contributed by atoms with van der Waals surface area (Å²) in [5.41, 5.74) is 5.03. The highest BCUT2D eigenvalue weighted by Gasteiger charge is 2.00. The van der Waals surface area contributed by atoms with Crippen molar-refractivity contribution in [2.45, 2.75) is 0 Å². The summed E-state index contributed by atoms with van der Waals surface area (Å²) in [4.78, 5) is 0. The molecule has 0 aliphatic carbocycles. The monoisotopic (exact) mass is 168 g/mol. The van der Waals surface area contributed by atoms with E-state index in [0.717, 1.165) is 0 Å². The Hall–Kier alpha value is -1.58. The Morgan fingerprint density at radius 1 is 1.50 bits per heavy atom. The second-order valence-electron chi connectivity index (χ2n) is 2.24. The standard InChI is InChI=1S/C8H9FN2O/c9-6-3-1-2-4-7(6)12-5-8(10)11/h1-4H,5H2,(H3,10,11). The molecule has 0 aliphatic rings. The Labute approximate surface area is 69.5 Å². The fourth-order valence-electron chi connectivity index (χ4n) is 0.717. The first-order valence-corrected chi connectivity index (χ1v) is 3.40. The average molecular weight is 168 g/mol. The van der Waals surface area contributed by atoms with E-state index in [2.05, 4.69) is 0 Å². The van der Waals surface area contributed by atoms with Crippen molar-refractivity contribution in [3.05, 3.63) is 30.1 Å². The van der Waals surface area contributed by atoms with Crippen LogP contribution in [0, 0.1) is 11.2 Å². The highest BCUT2D eigenvalue weighted by Crippen LogP contribution is 2.14. The van der Waals surface area contributed by atoms with Crippen molar-refractivity contribution in [1.82, 2.24) is 0 Å². The van der Waals surface area contributed by atoms with Gasteiger partial charge in [0.2, 0.25) is 0 Å². The third-order valence-electron chi connectivity index (χ3n) is 1.22. The fraction of sp³-hybridized carbons (Fsp3) is 0.125. The van der Waals surface area contributed by atoms with E-state index in [4.69, 9.17) is 15.9 Å². The summed E-state index contributed by atoms with van der Waals surface area (Å²) in [6, 6.07) is 5.99. The second-order valence-corrected chi connectivity index (χ2v) is 2.24. The van der Waals surface area contributed by atoms with Gasteiger partial charge >= 0.3 is 0 Å². The zero-order valence-electron chi connectivity index (χ0n) is 6.38. The molecule has 0 fully saturated rings. The molecule has 0 spiro atoms. The van der Waals surface area contributed by atoms with Crippen LogP contribution in [0.25, 0.3) is 0 Å². The van der Waals surface area contributed by atoms with Crippen molar-refractivity contribution in [2.24, 2.45) is 5.73 Å². The first-order chi connectivity index (χ1) is 5.70. The minimum absolute atomic E-state index is 0.0824. The number of para-hydroxylation sites is 1. The molecule has 0 heterocycles. The zero-order valence-corrected chi connectivity index (χ0v) is 6.38. The number of nitrogens with one attached hydrogen (secondary N) is 1. The van der Waals surface area contributed by atoms with Crippen LogP contribution in [0.3, 0.4) is 0 Å². The molecule has 0 radical (unpaired) electrons. The number of rotatable bonds is 3. The van der Waals surface area contributed by atoms with E-state index in [0.29, 0.717) is 0 Å². The maximum atomic E-state index is 12.8. The maximum Gasteiger partial charge on any atom is 0.165 e. The van der Waals surface area contributed by atoms with Crippen molar-refractivity contribution in [3.8, 4) is 5.75 Å². The molecule has 0 saturated carbocycles. The molecule has 0 unspecified atom stereocenters. The maximum absolute atomic E-state index is 12.8. The Morgan fingerprint density at radius 3 is 2.75 bits per heavy atom. The topological polar surface area (TPSA) is 59.1 Å². The van der Waals surface area contributed by atoms with Crippen LogP contribution in [-0.4, -0.2) is 12.4 Å². The van der Waals surface area contributed by atoms with Gasteiger partial charge in [0.05, 0.1) is 0 Å². The van der Waals surface area contributed by atoms with Gasteiger partial charge in [-0.05, 0) is 12.1 Å². The number of ether oxygens (including phenoxy) is 1. The third kappa shape index (κ3) is 2.23. The lowest BCUT2D eigenvalue weighted by atomic mass is 10.3. The summed E-state index contributed by atoms with van der Waals surface area (Å²) in [7, 11) is 0. The molecule has 4 heteroatoms. The predicted molar refractivity (Wildman–Crippen MR) is 43.8 cm³/mol. The van der Waals surface area contributed by atoms with Gasteiger partial charge in [-0.15, -0.1) is 0 Å². The van der Waals surface area contributed by atoms with Crippen LogP contribution in [-0.2, 0) is 0 Å². The van der Waals surface area contributed by atoms with Crippen molar-refractivity contribution in [1.29, 1.82) is 5.41 Å². The van der Waals surface area contributed by atoms with Gasteiger partial charge in [-0.2, -0.15) is 0 Å². The lowest BCUT2D eigenvalue weighted by Gasteiger charge is -2.04. The van der Waals surface area contributed by atoms with Crippen LogP contribution in [0.4, 0.5) is 4.39 Å².